The topological polar surface area (TPSA) is 30.7 Å². The van der Waals surface area contributed by atoms with Crippen molar-refractivity contribution in [1.29, 1.82) is 0 Å². The van der Waals surface area contributed by atoms with E-state index in [9.17, 15) is 0 Å². The van der Waals surface area contributed by atoms with Crippen molar-refractivity contribution in [3.63, 3.8) is 0 Å². The van der Waals surface area contributed by atoms with Crippen LogP contribution in [0, 0.1) is 0 Å². The fraction of sp³-hybridized carbons (Fsp3) is 0.0588. The van der Waals surface area contributed by atoms with Crippen molar-refractivity contribution in [1.82, 2.24) is 14.5 Å². The van der Waals surface area contributed by atoms with Gasteiger partial charge in [-0.05, 0) is 46.9 Å². The van der Waals surface area contributed by atoms with Crippen molar-refractivity contribution in [3.8, 4) is 17.1 Å². The Bertz CT molecular complexity index is 1740. The van der Waals surface area contributed by atoms with Crippen LogP contribution in [0.3, 0.4) is 0 Å². The third kappa shape index (κ3) is 3.85. The minimum Gasteiger partial charge on any atom is -0.278 e. The molecule has 0 bridgehead atoms. The molecular formula is C34H25N3. The SMILES string of the molecule is C1=CC(c2ccnc(-n3c4ccccc4c4ccccc43)n2)=CC(c2ccc(-c3ccccc3)cc2)C1. The second-order valence-corrected chi connectivity index (χ2v) is 9.47. The highest BCUT2D eigenvalue weighted by atomic mass is 15.2. The number of hydrogen-bond acceptors (Lipinski definition) is 2. The number of allylic oxidation sites excluding steroid dienone is 4. The van der Waals surface area contributed by atoms with E-state index in [0.717, 1.165) is 28.7 Å². The molecule has 0 saturated heterocycles. The Balaban J connectivity index is 1.25. The Kier molecular flexibility index (Phi) is 5.25. The lowest BCUT2D eigenvalue weighted by Gasteiger charge is -2.18. The molecule has 0 fully saturated rings. The monoisotopic (exact) mass is 475 g/mol. The Labute approximate surface area is 216 Å². The summed E-state index contributed by atoms with van der Waals surface area (Å²) >= 11 is 0. The third-order valence-corrected chi connectivity index (χ3v) is 7.23. The second-order valence-electron chi connectivity index (χ2n) is 9.47. The molecule has 6 aromatic rings. The van der Waals surface area contributed by atoms with Crippen molar-refractivity contribution >= 4 is 27.4 Å². The van der Waals surface area contributed by atoms with E-state index < -0.39 is 0 Å². The molecule has 4 aromatic carbocycles. The molecule has 0 aliphatic heterocycles. The van der Waals surface area contributed by atoms with Crippen LogP contribution < -0.4 is 0 Å². The molecule has 1 atom stereocenters. The van der Waals surface area contributed by atoms with Crippen LogP contribution in [-0.4, -0.2) is 14.5 Å². The van der Waals surface area contributed by atoms with Gasteiger partial charge in [0.1, 0.15) is 0 Å². The van der Waals surface area contributed by atoms with E-state index in [1.807, 2.05) is 12.3 Å². The van der Waals surface area contributed by atoms with Gasteiger partial charge in [0.25, 0.3) is 0 Å². The molecule has 0 N–H and O–H groups in total. The average Bonchev–Trinajstić information content (AvgIpc) is 3.32. The van der Waals surface area contributed by atoms with Gasteiger partial charge in [-0.25, -0.2) is 9.97 Å². The number of nitrogens with zero attached hydrogens (tertiary/aromatic N) is 3. The smallest absolute Gasteiger partial charge is 0.235 e. The molecule has 0 radical (unpaired) electrons. The number of benzene rings is 4. The summed E-state index contributed by atoms with van der Waals surface area (Å²) in [6.07, 6.45) is 9.64. The Hall–Kier alpha value is -4.76. The summed E-state index contributed by atoms with van der Waals surface area (Å²) in [5.74, 6) is 1.01. The van der Waals surface area contributed by atoms with Gasteiger partial charge in [0.05, 0.1) is 16.7 Å². The fourth-order valence-electron chi connectivity index (χ4n) is 5.39. The lowest BCUT2D eigenvalue weighted by atomic mass is 9.88. The summed E-state index contributed by atoms with van der Waals surface area (Å²) in [5, 5.41) is 2.42. The molecule has 0 spiro atoms. The minimum atomic E-state index is 0.316. The molecule has 0 saturated carbocycles. The van der Waals surface area contributed by atoms with E-state index in [4.69, 9.17) is 9.97 Å². The van der Waals surface area contributed by atoms with Gasteiger partial charge in [0.2, 0.25) is 5.95 Å². The molecule has 0 amide bonds. The van der Waals surface area contributed by atoms with Gasteiger partial charge >= 0.3 is 0 Å². The summed E-state index contributed by atoms with van der Waals surface area (Å²) in [4.78, 5) is 9.75. The van der Waals surface area contributed by atoms with Crippen LogP contribution in [0.4, 0.5) is 0 Å². The highest BCUT2D eigenvalue weighted by molar-refractivity contribution is 6.08. The quantitative estimate of drug-likeness (QED) is 0.256. The first-order chi connectivity index (χ1) is 18.3. The summed E-state index contributed by atoms with van der Waals surface area (Å²) in [6.45, 7) is 0. The van der Waals surface area contributed by atoms with Gasteiger partial charge in [-0.1, -0.05) is 109 Å². The van der Waals surface area contributed by atoms with Crippen LogP contribution in [0.15, 0.2) is 134 Å². The number of aromatic nitrogens is 3. The third-order valence-electron chi connectivity index (χ3n) is 7.23. The highest BCUT2D eigenvalue weighted by Gasteiger charge is 2.17. The first kappa shape index (κ1) is 21.5. The van der Waals surface area contributed by atoms with E-state index in [2.05, 4.69) is 126 Å². The first-order valence-corrected chi connectivity index (χ1v) is 12.7. The maximum Gasteiger partial charge on any atom is 0.235 e. The van der Waals surface area contributed by atoms with Gasteiger partial charge in [0, 0.05) is 22.9 Å². The van der Waals surface area contributed by atoms with Crippen molar-refractivity contribution in [2.45, 2.75) is 12.3 Å². The molecule has 176 valence electrons. The Morgan fingerprint density at radius 1 is 0.649 bits per heavy atom. The fourth-order valence-corrected chi connectivity index (χ4v) is 5.39. The van der Waals surface area contributed by atoms with Crippen LogP contribution in [0.5, 0.6) is 0 Å². The minimum absolute atomic E-state index is 0.316. The molecule has 1 aliphatic carbocycles. The molecule has 1 unspecified atom stereocenters. The first-order valence-electron chi connectivity index (χ1n) is 12.7. The molecule has 2 heterocycles. The highest BCUT2D eigenvalue weighted by Crippen LogP contribution is 2.34. The molecule has 3 nitrogen and oxygen atoms in total. The number of fused-ring (bicyclic) bond motifs is 3. The van der Waals surface area contributed by atoms with E-state index in [1.165, 1.54) is 27.5 Å². The zero-order chi connectivity index (χ0) is 24.6. The van der Waals surface area contributed by atoms with Gasteiger partial charge in [-0.15, -0.1) is 0 Å². The summed E-state index contributed by atoms with van der Waals surface area (Å²) < 4.78 is 2.17. The van der Waals surface area contributed by atoms with Crippen LogP contribution in [0.25, 0.3) is 44.5 Å². The molecule has 3 heteroatoms. The molecule has 2 aromatic heterocycles. The van der Waals surface area contributed by atoms with Gasteiger partial charge in [0.15, 0.2) is 0 Å². The lowest BCUT2D eigenvalue weighted by molar-refractivity contribution is 0.855. The van der Waals surface area contributed by atoms with E-state index >= 15 is 0 Å². The number of hydrogen-bond donors (Lipinski definition) is 0. The Morgan fingerprint density at radius 2 is 1.30 bits per heavy atom. The zero-order valence-electron chi connectivity index (χ0n) is 20.3. The Morgan fingerprint density at radius 3 is 2.03 bits per heavy atom. The molecule has 37 heavy (non-hydrogen) atoms. The van der Waals surface area contributed by atoms with Crippen molar-refractivity contribution in [3.05, 3.63) is 145 Å². The average molecular weight is 476 g/mol. The molecule has 7 rings (SSSR count). The van der Waals surface area contributed by atoms with Crippen molar-refractivity contribution in [2.24, 2.45) is 0 Å². The predicted octanol–water partition coefficient (Wildman–Crippen LogP) is 8.37. The van der Waals surface area contributed by atoms with Crippen LogP contribution >= 0.6 is 0 Å². The second kappa shape index (κ2) is 9.03. The van der Waals surface area contributed by atoms with Crippen molar-refractivity contribution < 1.29 is 0 Å². The standard InChI is InChI=1S/C34H25N3/c1-2-9-24(10-3-1)25-17-19-26(20-18-25)27-11-8-12-28(23-27)31-21-22-35-34(36-31)37-32-15-6-4-13-29(32)30-14-5-7-16-33(30)37/h1-10,12-23,27H,11H2. The largest absolute Gasteiger partial charge is 0.278 e. The summed E-state index contributed by atoms with van der Waals surface area (Å²) in [6, 6.07) is 38.4. The van der Waals surface area contributed by atoms with Gasteiger partial charge < -0.3 is 0 Å². The number of rotatable bonds is 4. The van der Waals surface area contributed by atoms with E-state index in [0.29, 0.717) is 11.9 Å². The summed E-state index contributed by atoms with van der Waals surface area (Å²) in [5.41, 5.74) is 8.11. The van der Waals surface area contributed by atoms with Crippen LogP contribution in [-0.2, 0) is 0 Å². The maximum atomic E-state index is 5.05. The van der Waals surface area contributed by atoms with Gasteiger partial charge in [-0.2, -0.15) is 0 Å². The van der Waals surface area contributed by atoms with Crippen molar-refractivity contribution in [2.75, 3.05) is 0 Å². The number of para-hydroxylation sites is 2. The normalized spacial score (nSPS) is 15.2. The molecular weight excluding hydrogens is 450 g/mol. The zero-order valence-corrected chi connectivity index (χ0v) is 20.3. The van der Waals surface area contributed by atoms with E-state index in [-0.39, 0.29) is 0 Å². The summed E-state index contributed by atoms with van der Waals surface area (Å²) in [7, 11) is 0. The lowest BCUT2D eigenvalue weighted by Crippen LogP contribution is -2.04. The molecule has 1 aliphatic rings. The predicted molar refractivity (Wildman–Crippen MR) is 153 cm³/mol. The van der Waals surface area contributed by atoms with Crippen LogP contribution in [0.1, 0.15) is 23.6 Å². The van der Waals surface area contributed by atoms with Gasteiger partial charge in [-0.3, -0.25) is 4.57 Å². The van der Waals surface area contributed by atoms with E-state index in [1.54, 1.807) is 0 Å². The maximum absolute atomic E-state index is 5.05. The van der Waals surface area contributed by atoms with Crippen LogP contribution in [0.2, 0.25) is 0 Å².